The lowest BCUT2D eigenvalue weighted by Gasteiger charge is -2.06. The second-order valence-electron chi connectivity index (χ2n) is 3.69. The van der Waals surface area contributed by atoms with E-state index < -0.39 is 0 Å². The zero-order valence-electron chi connectivity index (χ0n) is 9.82. The third-order valence-electron chi connectivity index (χ3n) is 2.50. The number of rotatable bonds is 4. The number of nitrogens with zero attached hydrogens (tertiary/aromatic N) is 2. The minimum absolute atomic E-state index is 0.146. The molecule has 2 aromatic rings. The fourth-order valence-corrected chi connectivity index (χ4v) is 2.45. The van der Waals surface area contributed by atoms with E-state index in [1.165, 1.54) is 0 Å². The molecular weight excluding hydrogens is 367 g/mol. The predicted molar refractivity (Wildman–Crippen MR) is 78.6 cm³/mol. The van der Waals surface area contributed by atoms with Gasteiger partial charge in [-0.05, 0) is 47.7 Å². The molecule has 0 aliphatic heterocycles. The lowest BCUT2D eigenvalue weighted by molar-refractivity contribution is -0.143. The largest absolute Gasteiger partial charge is 0.465 e. The van der Waals surface area contributed by atoms with Gasteiger partial charge < -0.3 is 9.30 Å². The molecule has 0 fully saturated rings. The van der Waals surface area contributed by atoms with Gasteiger partial charge in [0, 0.05) is 3.57 Å². The van der Waals surface area contributed by atoms with Crippen molar-refractivity contribution >= 4 is 51.2 Å². The molecule has 1 aromatic heterocycles. The molecule has 2 rings (SSSR count). The first-order valence-electron chi connectivity index (χ1n) is 5.52. The fourth-order valence-electron chi connectivity index (χ4n) is 1.77. The molecule has 0 atom stereocenters. The predicted octanol–water partition coefficient (Wildman–Crippen LogP) is 2.94. The van der Waals surface area contributed by atoms with E-state index in [9.17, 15) is 4.79 Å². The lowest BCUT2D eigenvalue weighted by atomic mass is 10.3. The Morgan fingerprint density at radius 1 is 1.56 bits per heavy atom. The second-order valence-corrected chi connectivity index (χ2v) is 5.20. The zero-order valence-corrected chi connectivity index (χ0v) is 12.7. The van der Waals surface area contributed by atoms with Crippen molar-refractivity contribution in [2.45, 2.75) is 19.3 Å². The number of hydrogen-bond acceptors (Lipinski definition) is 3. The van der Waals surface area contributed by atoms with Crippen molar-refractivity contribution in [1.29, 1.82) is 0 Å². The molecule has 0 amide bonds. The molecule has 0 saturated carbocycles. The number of fused-ring (bicyclic) bond motifs is 1. The number of carbonyl (C=O) groups is 1. The van der Waals surface area contributed by atoms with Crippen molar-refractivity contribution in [3.63, 3.8) is 0 Å². The first-order valence-corrected chi connectivity index (χ1v) is 7.13. The quantitative estimate of drug-likeness (QED) is 0.467. The minimum Gasteiger partial charge on any atom is -0.465 e. The van der Waals surface area contributed by atoms with Crippen LogP contribution in [0.15, 0.2) is 18.2 Å². The summed E-state index contributed by atoms with van der Waals surface area (Å²) in [5, 5.41) is 0. The van der Waals surface area contributed by atoms with Gasteiger partial charge >= 0.3 is 5.97 Å². The van der Waals surface area contributed by atoms with Crippen molar-refractivity contribution < 1.29 is 9.53 Å². The molecule has 0 aliphatic rings. The van der Waals surface area contributed by atoms with Crippen LogP contribution >= 0.6 is 34.2 Å². The van der Waals surface area contributed by atoms with Crippen molar-refractivity contribution in [1.82, 2.24) is 9.55 Å². The van der Waals surface area contributed by atoms with Crippen LogP contribution in [0.3, 0.4) is 0 Å². The standard InChI is InChI=1S/C12H12ClIN2O2/c1-2-18-12(17)7-16-10-4-3-8(14)5-9(10)15-11(16)6-13/h3-5H,2,6-7H2,1H3. The summed E-state index contributed by atoms with van der Waals surface area (Å²) in [4.78, 5) is 16.0. The van der Waals surface area contributed by atoms with Gasteiger partial charge in [0.2, 0.25) is 0 Å². The van der Waals surface area contributed by atoms with E-state index in [-0.39, 0.29) is 18.4 Å². The van der Waals surface area contributed by atoms with Gasteiger partial charge in [-0.25, -0.2) is 4.98 Å². The molecule has 0 N–H and O–H groups in total. The lowest BCUT2D eigenvalue weighted by Crippen LogP contribution is -2.15. The third-order valence-corrected chi connectivity index (χ3v) is 3.41. The normalized spacial score (nSPS) is 10.8. The van der Waals surface area contributed by atoms with Crippen LogP contribution in [0.25, 0.3) is 11.0 Å². The molecule has 96 valence electrons. The van der Waals surface area contributed by atoms with Crippen molar-refractivity contribution in [2.24, 2.45) is 0 Å². The monoisotopic (exact) mass is 378 g/mol. The highest BCUT2D eigenvalue weighted by Gasteiger charge is 2.13. The average Bonchev–Trinajstić information content (AvgIpc) is 2.66. The maximum absolute atomic E-state index is 11.6. The molecule has 0 aliphatic carbocycles. The van der Waals surface area contributed by atoms with Gasteiger partial charge in [0.15, 0.2) is 0 Å². The van der Waals surface area contributed by atoms with Gasteiger partial charge in [-0.15, -0.1) is 11.6 Å². The summed E-state index contributed by atoms with van der Waals surface area (Å²) in [5.74, 6) is 0.674. The Balaban J connectivity index is 2.43. The van der Waals surface area contributed by atoms with Crippen LogP contribution in [0.4, 0.5) is 0 Å². The van der Waals surface area contributed by atoms with E-state index >= 15 is 0 Å². The number of halogens is 2. The van der Waals surface area contributed by atoms with Crippen LogP contribution in [0.5, 0.6) is 0 Å². The molecule has 1 aromatic carbocycles. The van der Waals surface area contributed by atoms with Crippen molar-refractivity contribution in [3.05, 3.63) is 27.6 Å². The number of esters is 1. The average molecular weight is 379 g/mol. The van der Waals surface area contributed by atoms with Gasteiger partial charge in [-0.1, -0.05) is 0 Å². The smallest absolute Gasteiger partial charge is 0.326 e. The molecule has 0 spiro atoms. The van der Waals surface area contributed by atoms with Crippen LogP contribution in [0.2, 0.25) is 0 Å². The topological polar surface area (TPSA) is 44.1 Å². The summed E-state index contributed by atoms with van der Waals surface area (Å²) in [6.45, 7) is 2.31. The zero-order chi connectivity index (χ0) is 13.1. The fraction of sp³-hybridized carbons (Fsp3) is 0.333. The Kier molecular flexibility index (Phi) is 4.45. The molecule has 6 heteroatoms. The van der Waals surface area contributed by atoms with Gasteiger partial charge in [0.25, 0.3) is 0 Å². The number of alkyl halides is 1. The molecule has 1 heterocycles. The summed E-state index contributed by atoms with van der Waals surface area (Å²) in [6.07, 6.45) is 0. The van der Waals surface area contributed by atoms with Gasteiger partial charge in [-0.3, -0.25) is 4.79 Å². The molecule has 0 unspecified atom stereocenters. The number of aromatic nitrogens is 2. The Bertz CT molecular complexity index is 583. The molecule has 0 radical (unpaired) electrons. The van der Waals surface area contributed by atoms with E-state index in [0.717, 1.165) is 14.6 Å². The number of benzene rings is 1. The van der Waals surface area contributed by atoms with Crippen LogP contribution in [0.1, 0.15) is 12.7 Å². The summed E-state index contributed by atoms with van der Waals surface area (Å²) >= 11 is 8.09. The molecule has 0 bridgehead atoms. The highest BCUT2D eigenvalue weighted by molar-refractivity contribution is 14.1. The maximum Gasteiger partial charge on any atom is 0.326 e. The highest BCUT2D eigenvalue weighted by Crippen LogP contribution is 2.20. The van der Waals surface area contributed by atoms with Gasteiger partial charge in [-0.2, -0.15) is 0 Å². The molecular formula is C12H12ClIN2O2. The molecule has 4 nitrogen and oxygen atoms in total. The summed E-state index contributed by atoms with van der Waals surface area (Å²) < 4.78 is 7.86. The highest BCUT2D eigenvalue weighted by atomic mass is 127. The Labute approximate surface area is 123 Å². The summed E-state index contributed by atoms with van der Waals surface area (Å²) in [5.41, 5.74) is 1.75. The van der Waals surface area contributed by atoms with E-state index in [2.05, 4.69) is 27.6 Å². The van der Waals surface area contributed by atoms with Crippen molar-refractivity contribution in [3.8, 4) is 0 Å². The third kappa shape index (κ3) is 2.77. The second kappa shape index (κ2) is 5.88. The van der Waals surface area contributed by atoms with E-state index in [1.54, 1.807) is 11.5 Å². The molecule has 0 saturated heterocycles. The number of hydrogen-bond donors (Lipinski definition) is 0. The van der Waals surface area contributed by atoms with Crippen LogP contribution in [-0.2, 0) is 22.0 Å². The van der Waals surface area contributed by atoms with E-state index in [4.69, 9.17) is 16.3 Å². The minimum atomic E-state index is -0.276. The summed E-state index contributed by atoms with van der Waals surface area (Å²) in [6, 6.07) is 5.89. The SMILES string of the molecule is CCOC(=O)Cn1c(CCl)nc2cc(I)ccc21. The Morgan fingerprint density at radius 2 is 2.33 bits per heavy atom. The van der Waals surface area contributed by atoms with Crippen LogP contribution in [0, 0.1) is 3.57 Å². The van der Waals surface area contributed by atoms with E-state index in [0.29, 0.717) is 12.4 Å². The van der Waals surface area contributed by atoms with Crippen LogP contribution < -0.4 is 0 Å². The van der Waals surface area contributed by atoms with Crippen LogP contribution in [-0.4, -0.2) is 22.1 Å². The van der Waals surface area contributed by atoms with Gasteiger partial charge in [0.1, 0.15) is 12.4 Å². The number of ether oxygens (including phenoxy) is 1. The first kappa shape index (κ1) is 13.6. The Hall–Kier alpha value is -0.820. The number of carbonyl (C=O) groups excluding carboxylic acids is 1. The maximum atomic E-state index is 11.6. The van der Waals surface area contributed by atoms with E-state index in [1.807, 2.05) is 18.2 Å². The number of imidazole rings is 1. The van der Waals surface area contributed by atoms with Gasteiger partial charge in [0.05, 0.1) is 23.5 Å². The first-order chi connectivity index (χ1) is 8.65. The Morgan fingerprint density at radius 3 is 3.00 bits per heavy atom. The summed E-state index contributed by atoms with van der Waals surface area (Å²) in [7, 11) is 0. The molecule has 18 heavy (non-hydrogen) atoms. The van der Waals surface area contributed by atoms with Crippen molar-refractivity contribution in [2.75, 3.05) is 6.61 Å².